The molecule has 2 fully saturated rings. The first-order valence-corrected chi connectivity index (χ1v) is 9.09. The maximum atomic E-state index is 13.4. The van der Waals surface area contributed by atoms with Crippen LogP contribution in [0.15, 0.2) is 23.2 Å². The number of ether oxygens (including phenoxy) is 1. The van der Waals surface area contributed by atoms with Gasteiger partial charge in [-0.2, -0.15) is 0 Å². The number of rotatable bonds is 4. The summed E-state index contributed by atoms with van der Waals surface area (Å²) in [5, 5.41) is 3.36. The van der Waals surface area contributed by atoms with E-state index in [9.17, 15) is 8.78 Å². The minimum absolute atomic E-state index is 0. The molecule has 7 heteroatoms. The lowest BCUT2D eigenvalue weighted by Crippen LogP contribution is -2.41. The van der Waals surface area contributed by atoms with Crippen molar-refractivity contribution in [2.45, 2.75) is 32.6 Å². The first-order valence-electron chi connectivity index (χ1n) is 9.09. The molecule has 0 radical (unpaired) electrons. The lowest BCUT2D eigenvalue weighted by atomic mass is 9.87. The van der Waals surface area contributed by atoms with E-state index in [1.165, 1.54) is 12.1 Å². The number of aliphatic imine (C=N–C) groups is 1. The van der Waals surface area contributed by atoms with E-state index in [2.05, 4.69) is 17.1 Å². The lowest BCUT2D eigenvalue weighted by Gasteiger charge is -2.25. The van der Waals surface area contributed by atoms with Crippen molar-refractivity contribution >= 4 is 29.9 Å². The van der Waals surface area contributed by atoms with Crippen molar-refractivity contribution in [2.24, 2.45) is 10.4 Å². The molecule has 26 heavy (non-hydrogen) atoms. The Kier molecular flexibility index (Phi) is 7.63. The van der Waals surface area contributed by atoms with Gasteiger partial charge in [0.25, 0.3) is 0 Å². The van der Waals surface area contributed by atoms with Crippen LogP contribution in [-0.2, 0) is 4.74 Å². The Bertz CT molecular complexity index is 635. The molecule has 2 heterocycles. The van der Waals surface area contributed by atoms with Crippen molar-refractivity contribution in [2.75, 3.05) is 39.4 Å². The Morgan fingerprint density at radius 1 is 1.35 bits per heavy atom. The maximum absolute atomic E-state index is 13.4. The molecule has 0 saturated carbocycles. The normalized spacial score (nSPS) is 24.0. The minimum Gasteiger partial charge on any atom is -0.381 e. The summed E-state index contributed by atoms with van der Waals surface area (Å²) in [6.45, 7) is 9.02. The molecular formula is C19H28F2IN3O. The molecule has 146 valence electrons. The van der Waals surface area contributed by atoms with Crippen LogP contribution in [0, 0.1) is 17.0 Å². The first kappa shape index (κ1) is 21.3. The van der Waals surface area contributed by atoms with Crippen molar-refractivity contribution in [1.29, 1.82) is 0 Å². The van der Waals surface area contributed by atoms with E-state index in [0.717, 1.165) is 57.2 Å². The van der Waals surface area contributed by atoms with Gasteiger partial charge in [-0.15, -0.1) is 24.0 Å². The van der Waals surface area contributed by atoms with Gasteiger partial charge in [0.1, 0.15) is 0 Å². The maximum Gasteiger partial charge on any atom is 0.193 e. The van der Waals surface area contributed by atoms with Gasteiger partial charge < -0.3 is 15.0 Å². The van der Waals surface area contributed by atoms with E-state index in [-0.39, 0.29) is 35.3 Å². The molecule has 0 aliphatic carbocycles. The molecule has 3 rings (SSSR count). The van der Waals surface area contributed by atoms with E-state index in [4.69, 9.17) is 9.73 Å². The van der Waals surface area contributed by atoms with Crippen LogP contribution >= 0.6 is 24.0 Å². The second kappa shape index (κ2) is 9.30. The van der Waals surface area contributed by atoms with E-state index >= 15 is 0 Å². The number of hydrogen-bond acceptors (Lipinski definition) is 2. The smallest absolute Gasteiger partial charge is 0.193 e. The second-order valence-electron chi connectivity index (χ2n) is 7.24. The standard InChI is InChI=1S/C19H27F2N3O.HI/c1-3-22-18(24-8-6-19(12-24)7-9-25-13-19)23-11-14(2)15-4-5-16(20)17(21)10-15;/h4-5,10,14H,3,6-9,11-13H2,1-2H3,(H,22,23);1H. The summed E-state index contributed by atoms with van der Waals surface area (Å²) in [5.41, 5.74) is 1.04. The minimum atomic E-state index is -0.811. The van der Waals surface area contributed by atoms with Crippen LogP contribution in [0.4, 0.5) is 8.78 Å². The molecule has 0 amide bonds. The van der Waals surface area contributed by atoms with Crippen LogP contribution in [-0.4, -0.2) is 50.3 Å². The molecular weight excluding hydrogens is 451 g/mol. The van der Waals surface area contributed by atoms with E-state index in [1.54, 1.807) is 6.07 Å². The Balaban J connectivity index is 0.00000243. The average Bonchev–Trinajstić information content (AvgIpc) is 3.24. The van der Waals surface area contributed by atoms with Crippen LogP contribution in [0.2, 0.25) is 0 Å². The summed E-state index contributed by atoms with van der Waals surface area (Å²) in [5.74, 6) is -0.687. The van der Waals surface area contributed by atoms with Crippen LogP contribution in [0.1, 0.15) is 38.2 Å². The van der Waals surface area contributed by atoms with E-state index in [0.29, 0.717) is 6.54 Å². The van der Waals surface area contributed by atoms with Gasteiger partial charge in [0, 0.05) is 44.1 Å². The number of halogens is 3. The molecule has 2 unspecified atom stereocenters. The fourth-order valence-electron chi connectivity index (χ4n) is 3.66. The highest BCUT2D eigenvalue weighted by Gasteiger charge is 2.42. The summed E-state index contributed by atoms with van der Waals surface area (Å²) in [6, 6.07) is 4.08. The molecule has 2 atom stereocenters. The Morgan fingerprint density at radius 2 is 2.15 bits per heavy atom. The largest absolute Gasteiger partial charge is 0.381 e. The highest BCUT2D eigenvalue weighted by Crippen LogP contribution is 2.38. The summed E-state index contributed by atoms with van der Waals surface area (Å²) in [6.07, 6.45) is 2.25. The second-order valence-corrected chi connectivity index (χ2v) is 7.24. The zero-order valence-electron chi connectivity index (χ0n) is 15.4. The predicted molar refractivity (Wildman–Crippen MR) is 110 cm³/mol. The quantitative estimate of drug-likeness (QED) is 0.406. The molecule has 0 aromatic heterocycles. The monoisotopic (exact) mass is 479 g/mol. The molecule has 1 aromatic rings. The summed E-state index contributed by atoms with van der Waals surface area (Å²) in [4.78, 5) is 7.05. The van der Waals surface area contributed by atoms with Gasteiger partial charge in [0.05, 0.1) is 6.61 Å². The zero-order chi connectivity index (χ0) is 17.9. The zero-order valence-corrected chi connectivity index (χ0v) is 17.8. The number of guanidine groups is 1. The van der Waals surface area contributed by atoms with Crippen molar-refractivity contribution in [1.82, 2.24) is 10.2 Å². The Labute approximate surface area is 171 Å². The van der Waals surface area contributed by atoms with Gasteiger partial charge in [-0.3, -0.25) is 4.99 Å². The van der Waals surface area contributed by atoms with Gasteiger partial charge in [-0.05, 0) is 37.5 Å². The third kappa shape index (κ3) is 4.85. The SMILES string of the molecule is CCNC(=NCC(C)c1ccc(F)c(F)c1)N1CCC2(CCOC2)C1.I. The third-order valence-electron chi connectivity index (χ3n) is 5.29. The van der Waals surface area contributed by atoms with Gasteiger partial charge in [0.2, 0.25) is 0 Å². The van der Waals surface area contributed by atoms with Gasteiger partial charge >= 0.3 is 0 Å². The molecule has 0 bridgehead atoms. The summed E-state index contributed by atoms with van der Waals surface area (Å²) < 4.78 is 32.1. The molecule has 2 saturated heterocycles. The van der Waals surface area contributed by atoms with Crippen LogP contribution < -0.4 is 5.32 Å². The van der Waals surface area contributed by atoms with Crippen molar-refractivity contribution in [3.05, 3.63) is 35.4 Å². The molecule has 2 aliphatic rings. The summed E-state index contributed by atoms with van der Waals surface area (Å²) >= 11 is 0. The third-order valence-corrected chi connectivity index (χ3v) is 5.29. The first-order chi connectivity index (χ1) is 12.0. The molecule has 2 aliphatic heterocycles. The lowest BCUT2D eigenvalue weighted by molar-refractivity contribution is 0.156. The van der Waals surface area contributed by atoms with Crippen LogP contribution in [0.3, 0.4) is 0 Å². The van der Waals surface area contributed by atoms with Crippen molar-refractivity contribution in [3.63, 3.8) is 0 Å². The number of benzene rings is 1. The van der Waals surface area contributed by atoms with Gasteiger partial charge in [-0.25, -0.2) is 8.78 Å². The molecule has 1 spiro atoms. The highest BCUT2D eigenvalue weighted by molar-refractivity contribution is 14.0. The fourth-order valence-corrected chi connectivity index (χ4v) is 3.66. The summed E-state index contributed by atoms with van der Waals surface area (Å²) in [7, 11) is 0. The van der Waals surface area contributed by atoms with Crippen LogP contribution in [0.5, 0.6) is 0 Å². The highest BCUT2D eigenvalue weighted by atomic mass is 127. The number of nitrogens with zero attached hydrogens (tertiary/aromatic N) is 2. The molecule has 1 N–H and O–H groups in total. The number of hydrogen-bond donors (Lipinski definition) is 1. The number of nitrogens with one attached hydrogen (secondary N) is 1. The van der Waals surface area contributed by atoms with Gasteiger partial charge in [-0.1, -0.05) is 13.0 Å². The molecule has 1 aromatic carbocycles. The Hall–Kier alpha value is -0.960. The number of likely N-dealkylation sites (tertiary alicyclic amines) is 1. The fraction of sp³-hybridized carbons (Fsp3) is 0.632. The van der Waals surface area contributed by atoms with Gasteiger partial charge in [0.15, 0.2) is 17.6 Å². The van der Waals surface area contributed by atoms with Crippen molar-refractivity contribution < 1.29 is 13.5 Å². The molecule has 4 nitrogen and oxygen atoms in total. The van der Waals surface area contributed by atoms with Crippen molar-refractivity contribution in [3.8, 4) is 0 Å². The van der Waals surface area contributed by atoms with E-state index in [1.807, 2.05) is 6.92 Å². The average molecular weight is 479 g/mol. The van der Waals surface area contributed by atoms with E-state index < -0.39 is 11.6 Å². The Morgan fingerprint density at radius 3 is 2.81 bits per heavy atom. The van der Waals surface area contributed by atoms with Crippen LogP contribution in [0.25, 0.3) is 0 Å². The topological polar surface area (TPSA) is 36.9 Å². The predicted octanol–water partition coefficient (Wildman–Crippen LogP) is 3.76.